The van der Waals surface area contributed by atoms with Crippen molar-refractivity contribution in [1.29, 1.82) is 0 Å². The average molecular weight is 1230 g/mol. The molecule has 0 radical (unpaired) electrons. The van der Waals surface area contributed by atoms with Crippen molar-refractivity contribution in [3.05, 3.63) is 65.7 Å². The van der Waals surface area contributed by atoms with Crippen LogP contribution in [-0.2, 0) is 76.0 Å². The number of epoxide rings is 9. The number of allylic oxidation sites excluding steroid dienone is 1. The molecule has 12 aliphatic heterocycles. The van der Waals surface area contributed by atoms with Crippen molar-refractivity contribution in [3.8, 4) is 0 Å². The predicted octanol–water partition coefficient (Wildman–Crippen LogP) is 0.0228. The molecule has 0 amide bonds. The number of rotatable bonds is 5. The summed E-state index contributed by atoms with van der Waals surface area (Å²) < 4.78 is 72.5. The Morgan fingerprint density at radius 2 is 0.944 bits per heavy atom. The fourth-order valence-electron chi connectivity index (χ4n) is 23.9. The van der Waals surface area contributed by atoms with E-state index >= 15 is 0 Å². The first-order chi connectivity index (χ1) is 41.1. The first kappa shape index (κ1) is 60.6. The molecule has 89 heavy (non-hydrogen) atoms. The summed E-state index contributed by atoms with van der Waals surface area (Å²) in [6.07, 6.45) is 1.96. The van der Waals surface area contributed by atoms with Crippen LogP contribution in [0.2, 0.25) is 0 Å². The van der Waals surface area contributed by atoms with Crippen LogP contribution in [0.1, 0.15) is 115 Å². The Morgan fingerprint density at radius 3 is 1.40 bits per heavy atom. The fourth-order valence-corrected chi connectivity index (χ4v) is 23.9. The normalized spacial score (nSPS) is 58.8. The Morgan fingerprint density at radius 1 is 0.551 bits per heavy atom. The number of hydrogen-bond donors (Lipinski definition) is 5. The number of cyclic esters (lactones) is 3. The topological polar surface area (TPSA) is 310 Å². The molecule has 22 heteroatoms. The van der Waals surface area contributed by atoms with Crippen LogP contribution in [0.15, 0.2) is 58.7 Å². The minimum atomic E-state index is -1.36. The van der Waals surface area contributed by atoms with Crippen LogP contribution in [0.25, 0.3) is 0 Å². The molecule has 29 atom stereocenters. The zero-order valence-corrected chi connectivity index (χ0v) is 51.6. The van der Waals surface area contributed by atoms with Gasteiger partial charge < -0.3 is 82.4 Å². The van der Waals surface area contributed by atoms with E-state index in [2.05, 4.69) is 82.4 Å². The van der Waals surface area contributed by atoms with Crippen molar-refractivity contribution < 1.29 is 120 Å². The van der Waals surface area contributed by atoms with Gasteiger partial charge in [0.15, 0.2) is 22.6 Å². The third-order valence-corrected chi connectivity index (χ3v) is 27.7. The van der Waals surface area contributed by atoms with Crippen LogP contribution in [0, 0.1) is 58.7 Å². The summed E-state index contributed by atoms with van der Waals surface area (Å²) in [6, 6.07) is 0. The second kappa shape index (κ2) is 17.2. The molecular formula is C67H83LiO21. The standard InChI is InChI=1S/C23H28O7.C20H24O7.C20H22O7.C3H5.CH4.Li/c1-5-6-20(26)9-19(4)12(11-8-27-17(24)14(11)20)7-13-22(28-13)18(25)21(10(2)3)15(29-21)16-23(19,22)30-16;2*1-7(2)18-13(26-18)14-20(27-14)17(3)5-10(21)12-8(6-24-15(12)22)9(17)4-11-19(20,25-11)16(18)23;1-3-2;;/h5,10,12-13,15-16,18,25-26H,1,6-9H2,2-4H3;7,9-11,13-14,16,21,23H,4-6H2,1-3H3;7,9,11,13-14,16,23H,4-6H2,1-3H3;3H,1-2H2;1H4;/q;;;-1;;+1/t12-,13-,15-,16-,18+,19-,20?,21-,22+,23+;9-,10-,11-,13-,14-,16+,17-,18-,19+,20+;9-,11-,13-,14-,16+,17-,18-,19+,20+;;;/m000.../s1. The number of carbonyl (C=O) groups is 4. The molecule has 0 aromatic carbocycles. The SMILES string of the molecule is C.C=CCC1(O)C[C@@]2(C)[C@@H](C[C@@H]3O[C@@]34[C@H](O)[C@@]3(C(C)C)O[C@H]3[C@@H]3O[C@@]342)C2=C1C(=O)OC2.C=C[CH2-].CC(C)[C@]12O[C@H]1[C@@H]1O[C@]13[C@]1(O[C@H]1C[C@H]1C4=C(C(=O)C[C@@]13C)C(=O)OC4)[C@@H]2O.CC(C)[C@]12O[C@H]1[C@@H]1O[C@]13[C@]1(O[C@H]1C[C@H]1C4=C(C(=O)OC4)[C@@H](O)C[C@@]13C)[C@@H]2O.[Li+]. The molecule has 9 saturated heterocycles. The molecule has 21 nitrogen and oxygen atoms in total. The third kappa shape index (κ3) is 5.92. The second-order valence-electron chi connectivity index (χ2n) is 31.3. The van der Waals surface area contributed by atoms with E-state index in [1.54, 1.807) is 6.08 Å². The Balaban J connectivity index is 0.000000104. The van der Waals surface area contributed by atoms with E-state index in [0.29, 0.717) is 43.3 Å². The van der Waals surface area contributed by atoms with Gasteiger partial charge in [0.2, 0.25) is 0 Å². The number of ketones is 1. The maximum Gasteiger partial charge on any atom is 1.00 e. The van der Waals surface area contributed by atoms with Crippen molar-refractivity contribution in [3.63, 3.8) is 0 Å². The summed E-state index contributed by atoms with van der Waals surface area (Å²) >= 11 is 0. The Kier molecular flexibility index (Phi) is 11.7. The van der Waals surface area contributed by atoms with Crippen LogP contribution in [0.3, 0.4) is 0 Å². The number of aliphatic hydroxyl groups is 5. The van der Waals surface area contributed by atoms with Gasteiger partial charge >= 0.3 is 36.8 Å². The van der Waals surface area contributed by atoms with E-state index in [-0.39, 0.29) is 161 Å². The zero-order valence-electron chi connectivity index (χ0n) is 51.6. The van der Waals surface area contributed by atoms with Gasteiger partial charge in [-0.25, -0.2) is 34.0 Å². The number of esters is 3. The minimum Gasteiger partial charge on any atom is -0.458 e. The van der Waals surface area contributed by atoms with Gasteiger partial charge in [-0.15, -0.1) is 6.58 Å². The Labute approximate surface area is 529 Å². The van der Waals surface area contributed by atoms with Gasteiger partial charge in [0.05, 0.1) is 35.6 Å². The summed E-state index contributed by atoms with van der Waals surface area (Å²) in [5.74, 6) is -1.01. The Bertz CT molecular complexity index is 3450. The largest absolute Gasteiger partial charge is 1.00 e. The molecule has 6 saturated carbocycles. The summed E-state index contributed by atoms with van der Waals surface area (Å²) in [5, 5.41) is 57.0. The second-order valence-corrected chi connectivity index (χ2v) is 31.3. The molecule has 0 aromatic heterocycles. The maximum atomic E-state index is 12.9. The molecule has 478 valence electrons. The summed E-state index contributed by atoms with van der Waals surface area (Å²) in [4.78, 5) is 49.7. The van der Waals surface area contributed by atoms with E-state index in [0.717, 1.165) is 16.7 Å². The fraction of sp³-hybridized carbons (Fsp3) is 0.776. The molecule has 0 aromatic rings. The molecular weight excluding hydrogens is 1150 g/mol. The first-order valence-electron chi connectivity index (χ1n) is 31.9. The number of hydrogen-bond acceptors (Lipinski definition) is 21. The number of carbonyl (C=O) groups excluding carboxylic acids is 4. The third-order valence-electron chi connectivity index (χ3n) is 27.7. The van der Waals surface area contributed by atoms with Crippen molar-refractivity contribution in [2.24, 2.45) is 51.8 Å². The van der Waals surface area contributed by atoms with Crippen molar-refractivity contribution >= 4 is 23.7 Å². The molecule has 15 fully saturated rings. The van der Waals surface area contributed by atoms with E-state index in [1.807, 2.05) is 0 Å². The quantitative estimate of drug-likeness (QED) is 0.0461. The summed E-state index contributed by atoms with van der Waals surface area (Å²) in [6.45, 7) is 29.7. The van der Waals surface area contributed by atoms with Crippen LogP contribution >= 0.6 is 0 Å². The molecule has 12 heterocycles. The van der Waals surface area contributed by atoms with Crippen LogP contribution in [-0.4, -0.2) is 204 Å². The molecule has 9 aliphatic carbocycles. The summed E-state index contributed by atoms with van der Waals surface area (Å²) in [7, 11) is 0. The Hall–Kier alpha value is -3.31. The molecule has 6 spiro atoms. The number of Topliss-reactive ketones (excluding diaryl/α,β-unsaturated/α-hetero) is 1. The van der Waals surface area contributed by atoms with E-state index in [1.165, 1.54) is 6.08 Å². The van der Waals surface area contributed by atoms with Gasteiger partial charge in [0, 0.05) is 22.7 Å². The van der Waals surface area contributed by atoms with E-state index < -0.39 is 115 Å². The maximum absolute atomic E-state index is 12.9. The van der Waals surface area contributed by atoms with Gasteiger partial charge in [0.25, 0.3) is 0 Å². The van der Waals surface area contributed by atoms with Crippen LogP contribution < -0.4 is 18.9 Å². The zero-order chi connectivity index (χ0) is 61.2. The van der Waals surface area contributed by atoms with Crippen molar-refractivity contribution in [1.82, 2.24) is 0 Å². The monoisotopic (exact) mass is 1230 g/mol. The minimum absolute atomic E-state index is 0. The molecule has 5 N–H and O–H groups in total. The number of fused-ring (bicyclic) bond motifs is 12. The summed E-state index contributed by atoms with van der Waals surface area (Å²) in [5.41, 5.74) is -5.51. The smallest absolute Gasteiger partial charge is 0.458 e. The van der Waals surface area contributed by atoms with E-state index in [4.69, 9.17) is 56.8 Å². The molecule has 21 aliphatic rings. The van der Waals surface area contributed by atoms with Gasteiger partial charge in [-0.1, -0.05) is 75.8 Å². The average Bonchev–Trinajstić information content (AvgIpc) is 1.43. The van der Waals surface area contributed by atoms with E-state index in [9.17, 15) is 44.7 Å². The number of ether oxygens (including phenoxy) is 12. The van der Waals surface area contributed by atoms with Crippen LogP contribution in [0.4, 0.5) is 0 Å². The first-order valence-corrected chi connectivity index (χ1v) is 31.9. The van der Waals surface area contributed by atoms with Gasteiger partial charge in [-0.05, 0) is 90.8 Å². The van der Waals surface area contributed by atoms with Gasteiger partial charge in [0.1, 0.15) is 120 Å². The molecule has 0 bridgehead atoms. The predicted molar refractivity (Wildman–Crippen MR) is 300 cm³/mol. The van der Waals surface area contributed by atoms with Crippen molar-refractivity contribution in [2.75, 3.05) is 19.8 Å². The molecule has 21 rings (SSSR count). The molecule has 1 unspecified atom stereocenters. The van der Waals surface area contributed by atoms with Crippen molar-refractivity contribution in [2.45, 2.75) is 250 Å². The van der Waals surface area contributed by atoms with Gasteiger partial charge in [-0.3, -0.25) is 4.79 Å². The van der Waals surface area contributed by atoms with Crippen LogP contribution in [0.5, 0.6) is 0 Å². The number of aliphatic hydroxyl groups excluding tert-OH is 4. The van der Waals surface area contributed by atoms with Gasteiger partial charge in [-0.2, -0.15) is 0 Å².